The molecule has 1 unspecified atom stereocenters. The molecule has 3 rings (SSSR count). The number of hydrogen-bond donors (Lipinski definition) is 0. The Hall–Kier alpha value is -1.82. The fraction of sp³-hybridized carbons (Fsp3) is 0.474. The average molecular weight is 409 g/mol. The van der Waals surface area contributed by atoms with Crippen LogP contribution in [0.1, 0.15) is 25.0 Å². The number of fused-ring (bicyclic) bond motifs is 1. The predicted molar refractivity (Wildman–Crippen MR) is 106 cm³/mol. The maximum atomic E-state index is 5.50. The van der Waals surface area contributed by atoms with E-state index in [0.717, 1.165) is 10.2 Å². The van der Waals surface area contributed by atoms with Gasteiger partial charge in [0.05, 0.1) is 18.7 Å². The number of hydrogen-bond acceptors (Lipinski definition) is 5. The van der Waals surface area contributed by atoms with E-state index in [1.807, 2.05) is 12.1 Å². The number of ether oxygens (including phenoxy) is 3. The normalized spacial score (nSPS) is 18.3. The highest BCUT2D eigenvalue weighted by Crippen LogP contribution is 2.34. The van der Waals surface area contributed by atoms with Crippen LogP contribution in [0.4, 0.5) is 0 Å². The van der Waals surface area contributed by atoms with Crippen LogP contribution >= 0.6 is 15.9 Å². The smallest absolute Gasteiger partial charge is 0.209 e. The first kappa shape index (κ1) is 19.5. The summed E-state index contributed by atoms with van der Waals surface area (Å²) in [5.74, 6) is 2.73. The molecule has 136 valence electrons. The summed E-state index contributed by atoms with van der Waals surface area (Å²) >= 11 is 3.46. The van der Waals surface area contributed by atoms with Crippen molar-refractivity contribution in [2.24, 2.45) is 15.9 Å². The minimum absolute atomic E-state index is 0.00806. The monoisotopic (exact) mass is 408 g/mol. The van der Waals surface area contributed by atoms with Crippen LogP contribution in [-0.2, 0) is 9.47 Å². The van der Waals surface area contributed by atoms with Crippen LogP contribution in [0.25, 0.3) is 6.08 Å². The van der Waals surface area contributed by atoms with Gasteiger partial charge in [-0.25, -0.2) is 9.98 Å². The summed E-state index contributed by atoms with van der Waals surface area (Å²) in [7, 11) is 3.24. The summed E-state index contributed by atoms with van der Waals surface area (Å²) < 4.78 is 16.7. The Kier molecular flexibility index (Phi) is 7.05. The predicted octanol–water partition coefficient (Wildman–Crippen LogP) is 4.28. The highest BCUT2D eigenvalue weighted by atomic mass is 79.9. The standard InChI is InChI=1S/C10H9BrO.C9H16N2O2/c1-7-4-5-9(11)10-8(7)3-2-6-12-10;1-6(2)8-9(13-4)10-5-7(11-8)12-3/h2-5H,6H2,1H3;6,8H,5H2,1-4H3. The molecule has 2 heterocycles. The van der Waals surface area contributed by atoms with Crippen molar-refractivity contribution in [3.05, 3.63) is 33.8 Å². The number of nitrogens with zero attached hydrogens (tertiary/aromatic N) is 2. The zero-order valence-electron chi connectivity index (χ0n) is 15.4. The zero-order valence-corrected chi connectivity index (χ0v) is 17.0. The van der Waals surface area contributed by atoms with Gasteiger partial charge in [-0.3, -0.25) is 0 Å². The lowest BCUT2D eigenvalue weighted by Gasteiger charge is -2.22. The molecule has 0 bridgehead atoms. The van der Waals surface area contributed by atoms with E-state index in [1.165, 1.54) is 11.1 Å². The molecule has 0 saturated heterocycles. The molecule has 0 N–H and O–H groups in total. The third-order valence-corrected chi connectivity index (χ3v) is 4.58. The molecule has 2 aliphatic heterocycles. The summed E-state index contributed by atoms with van der Waals surface area (Å²) in [5, 5.41) is 0. The Morgan fingerprint density at radius 1 is 1.24 bits per heavy atom. The van der Waals surface area contributed by atoms with Crippen molar-refractivity contribution in [1.82, 2.24) is 0 Å². The lowest BCUT2D eigenvalue weighted by molar-refractivity contribution is 0.344. The SMILES string of the molecule is COC1=NC(C(C)C)C(OC)=NC1.Cc1ccc(Br)c2c1C=CCO2. The van der Waals surface area contributed by atoms with Gasteiger partial charge >= 0.3 is 0 Å². The third kappa shape index (κ3) is 4.84. The summed E-state index contributed by atoms with van der Waals surface area (Å²) in [6, 6.07) is 4.11. The van der Waals surface area contributed by atoms with Crippen LogP contribution < -0.4 is 4.74 Å². The quantitative estimate of drug-likeness (QED) is 0.696. The molecule has 0 aliphatic carbocycles. The Labute approximate surface area is 157 Å². The lowest BCUT2D eigenvalue weighted by Crippen LogP contribution is -2.32. The van der Waals surface area contributed by atoms with Crippen LogP contribution in [0.2, 0.25) is 0 Å². The number of benzene rings is 1. The van der Waals surface area contributed by atoms with Crippen molar-refractivity contribution in [1.29, 1.82) is 0 Å². The first-order chi connectivity index (χ1) is 12.0. The van der Waals surface area contributed by atoms with Crippen LogP contribution in [0.3, 0.4) is 0 Å². The Morgan fingerprint density at radius 2 is 2.00 bits per heavy atom. The number of aliphatic imine (C=N–C) groups is 2. The topological polar surface area (TPSA) is 52.4 Å². The minimum atomic E-state index is 0.00806. The fourth-order valence-corrected chi connectivity index (χ4v) is 3.01. The van der Waals surface area contributed by atoms with Crippen molar-refractivity contribution in [3.8, 4) is 5.75 Å². The molecule has 0 fully saturated rings. The Bertz CT molecular complexity index is 696. The molecule has 0 radical (unpaired) electrons. The summed E-state index contributed by atoms with van der Waals surface area (Å²) in [6.45, 7) is 7.42. The molecule has 0 aromatic heterocycles. The zero-order chi connectivity index (χ0) is 18.4. The Morgan fingerprint density at radius 3 is 2.60 bits per heavy atom. The van der Waals surface area contributed by atoms with Crippen LogP contribution in [-0.4, -0.2) is 45.2 Å². The second-order valence-electron chi connectivity index (χ2n) is 6.09. The van der Waals surface area contributed by atoms with Crippen LogP contribution in [0.15, 0.2) is 32.7 Å². The second-order valence-corrected chi connectivity index (χ2v) is 6.95. The van der Waals surface area contributed by atoms with E-state index >= 15 is 0 Å². The molecular weight excluding hydrogens is 384 g/mol. The lowest BCUT2D eigenvalue weighted by atomic mass is 10.0. The van der Waals surface area contributed by atoms with Gasteiger partial charge in [-0.1, -0.05) is 26.0 Å². The van der Waals surface area contributed by atoms with Crippen LogP contribution in [0, 0.1) is 12.8 Å². The average Bonchev–Trinajstić information content (AvgIpc) is 2.65. The highest BCUT2D eigenvalue weighted by Gasteiger charge is 2.24. The van der Waals surface area contributed by atoms with Gasteiger partial charge < -0.3 is 14.2 Å². The van der Waals surface area contributed by atoms with Gasteiger partial charge in [0.1, 0.15) is 24.9 Å². The molecule has 5 nitrogen and oxygen atoms in total. The largest absolute Gasteiger partial charge is 0.488 e. The van der Waals surface area contributed by atoms with Crippen molar-refractivity contribution < 1.29 is 14.2 Å². The summed E-state index contributed by atoms with van der Waals surface area (Å²) in [5.41, 5.74) is 2.44. The van der Waals surface area contributed by atoms with E-state index in [1.54, 1.807) is 14.2 Å². The van der Waals surface area contributed by atoms with Crippen molar-refractivity contribution in [2.45, 2.75) is 26.8 Å². The van der Waals surface area contributed by atoms with E-state index < -0.39 is 0 Å². The molecular formula is C19H25BrN2O3. The molecule has 0 spiro atoms. The number of aryl methyl sites for hydroxylation is 1. The first-order valence-electron chi connectivity index (χ1n) is 8.25. The number of halogens is 1. The molecule has 0 amide bonds. The highest BCUT2D eigenvalue weighted by molar-refractivity contribution is 9.10. The number of methoxy groups -OCH3 is 2. The van der Waals surface area contributed by atoms with Gasteiger partial charge in [0.15, 0.2) is 0 Å². The molecule has 2 aliphatic rings. The third-order valence-electron chi connectivity index (χ3n) is 3.96. The van der Waals surface area contributed by atoms with E-state index in [0.29, 0.717) is 30.9 Å². The molecule has 0 saturated carbocycles. The van der Waals surface area contributed by atoms with E-state index in [9.17, 15) is 0 Å². The van der Waals surface area contributed by atoms with Gasteiger partial charge in [0.25, 0.3) is 0 Å². The minimum Gasteiger partial charge on any atom is -0.488 e. The van der Waals surface area contributed by atoms with Crippen molar-refractivity contribution in [2.75, 3.05) is 27.4 Å². The van der Waals surface area contributed by atoms with E-state index in [-0.39, 0.29) is 6.04 Å². The first-order valence-corrected chi connectivity index (χ1v) is 9.04. The van der Waals surface area contributed by atoms with Gasteiger partial charge in [0.2, 0.25) is 11.8 Å². The second kappa shape index (κ2) is 9.04. The summed E-state index contributed by atoms with van der Waals surface area (Å²) in [4.78, 5) is 8.63. The Balaban J connectivity index is 0.000000181. The molecule has 1 aromatic carbocycles. The molecule has 1 atom stereocenters. The van der Waals surface area contributed by atoms with Crippen molar-refractivity contribution in [3.63, 3.8) is 0 Å². The summed E-state index contributed by atoms with van der Waals surface area (Å²) in [6.07, 6.45) is 4.14. The molecule has 1 aromatic rings. The maximum absolute atomic E-state index is 5.50. The van der Waals surface area contributed by atoms with Gasteiger partial charge in [0, 0.05) is 5.56 Å². The fourth-order valence-electron chi connectivity index (χ4n) is 2.55. The van der Waals surface area contributed by atoms with Gasteiger partial charge in [-0.05, 0) is 46.5 Å². The molecule has 6 heteroatoms. The van der Waals surface area contributed by atoms with Crippen molar-refractivity contribution >= 4 is 33.8 Å². The van der Waals surface area contributed by atoms with Gasteiger partial charge in [-0.15, -0.1) is 0 Å². The number of rotatable bonds is 1. The van der Waals surface area contributed by atoms with Gasteiger partial charge in [-0.2, -0.15) is 0 Å². The van der Waals surface area contributed by atoms with E-state index in [4.69, 9.17) is 14.2 Å². The maximum Gasteiger partial charge on any atom is 0.209 e. The molecule has 25 heavy (non-hydrogen) atoms. The van der Waals surface area contributed by atoms with E-state index in [2.05, 4.69) is 58.8 Å². The van der Waals surface area contributed by atoms with Crippen LogP contribution in [0.5, 0.6) is 5.75 Å².